The van der Waals surface area contributed by atoms with Crippen molar-refractivity contribution >= 4 is 23.4 Å². The van der Waals surface area contributed by atoms with Crippen LogP contribution in [0.5, 0.6) is 5.75 Å². The number of carbonyl (C=O) groups excluding carboxylic acids is 3. The second-order valence-corrected chi connectivity index (χ2v) is 6.80. The van der Waals surface area contributed by atoms with E-state index in [4.69, 9.17) is 4.74 Å². The number of amides is 3. The number of hydrogen-bond donors (Lipinski definition) is 0. The second kappa shape index (κ2) is 8.86. The van der Waals surface area contributed by atoms with E-state index in [1.54, 1.807) is 14.0 Å². The fraction of sp³-hybridized carbons (Fsp3) is 0.318. The van der Waals surface area contributed by atoms with Crippen LogP contribution >= 0.6 is 0 Å². The third-order valence-electron chi connectivity index (χ3n) is 5.01. The molecule has 0 spiro atoms. The lowest BCUT2D eigenvalue weighted by Crippen LogP contribution is -2.46. The maximum atomic E-state index is 13.2. The molecule has 1 aliphatic heterocycles. The zero-order valence-electron chi connectivity index (χ0n) is 16.4. The highest BCUT2D eigenvalue weighted by molar-refractivity contribution is 6.23. The average molecular weight is 398 g/mol. The van der Waals surface area contributed by atoms with Gasteiger partial charge in [0.25, 0.3) is 5.91 Å². The fourth-order valence-corrected chi connectivity index (χ4v) is 3.42. The molecule has 0 unspecified atom stereocenters. The van der Waals surface area contributed by atoms with Crippen LogP contribution in [0, 0.1) is 5.82 Å². The Bertz CT molecular complexity index is 896. The maximum absolute atomic E-state index is 13.2. The molecular formula is C22H23FN2O4. The van der Waals surface area contributed by atoms with Crippen LogP contribution in [0.1, 0.15) is 25.3 Å². The van der Waals surface area contributed by atoms with Crippen molar-refractivity contribution in [1.82, 2.24) is 4.90 Å². The third kappa shape index (κ3) is 4.45. The summed E-state index contributed by atoms with van der Waals surface area (Å²) in [5, 5.41) is 0. The van der Waals surface area contributed by atoms with Gasteiger partial charge in [-0.25, -0.2) is 9.29 Å². The van der Waals surface area contributed by atoms with Gasteiger partial charge in [0.05, 0.1) is 19.2 Å². The predicted molar refractivity (Wildman–Crippen MR) is 106 cm³/mol. The molecule has 152 valence electrons. The van der Waals surface area contributed by atoms with Gasteiger partial charge in [0.1, 0.15) is 17.6 Å². The minimum atomic E-state index is -0.849. The maximum Gasteiger partial charge on any atom is 0.257 e. The Kier molecular flexibility index (Phi) is 6.26. The van der Waals surface area contributed by atoms with Crippen molar-refractivity contribution < 1.29 is 23.5 Å². The molecule has 0 radical (unpaired) electrons. The molecule has 0 saturated carbocycles. The largest absolute Gasteiger partial charge is 0.497 e. The summed E-state index contributed by atoms with van der Waals surface area (Å²) in [7, 11) is 1.59. The average Bonchev–Trinajstić information content (AvgIpc) is 3.03. The smallest absolute Gasteiger partial charge is 0.257 e. The number of nitrogens with zero attached hydrogens (tertiary/aromatic N) is 2. The lowest BCUT2D eigenvalue weighted by molar-refractivity contribution is -0.138. The van der Waals surface area contributed by atoms with Crippen LogP contribution in [0.2, 0.25) is 0 Å². The second-order valence-electron chi connectivity index (χ2n) is 6.80. The molecule has 3 rings (SSSR count). The van der Waals surface area contributed by atoms with Gasteiger partial charge >= 0.3 is 0 Å². The third-order valence-corrected chi connectivity index (χ3v) is 5.01. The van der Waals surface area contributed by atoms with Crippen molar-refractivity contribution in [2.45, 2.75) is 32.2 Å². The monoisotopic (exact) mass is 398 g/mol. The molecule has 29 heavy (non-hydrogen) atoms. The summed E-state index contributed by atoms with van der Waals surface area (Å²) in [6, 6.07) is 11.8. The number of rotatable bonds is 7. The summed E-state index contributed by atoms with van der Waals surface area (Å²) in [5.74, 6) is -0.762. The number of halogens is 1. The fourth-order valence-electron chi connectivity index (χ4n) is 3.42. The van der Waals surface area contributed by atoms with Crippen molar-refractivity contribution in [3.63, 3.8) is 0 Å². The van der Waals surface area contributed by atoms with Crippen LogP contribution in [0.3, 0.4) is 0 Å². The lowest BCUT2D eigenvalue weighted by atomic mass is 10.1. The summed E-state index contributed by atoms with van der Waals surface area (Å²) in [6.07, 6.45) is 0.700. The number of carbonyl (C=O) groups is 3. The van der Waals surface area contributed by atoms with Gasteiger partial charge in [-0.15, -0.1) is 0 Å². The van der Waals surface area contributed by atoms with Crippen LogP contribution in [-0.4, -0.2) is 42.3 Å². The zero-order valence-corrected chi connectivity index (χ0v) is 16.4. The van der Waals surface area contributed by atoms with Crippen molar-refractivity contribution in [1.29, 1.82) is 0 Å². The highest BCUT2D eigenvalue weighted by Gasteiger charge is 2.43. The van der Waals surface area contributed by atoms with Gasteiger partial charge in [0.15, 0.2) is 0 Å². The first-order chi connectivity index (χ1) is 13.9. The Balaban J connectivity index is 1.77. The molecule has 1 atom stereocenters. The quantitative estimate of drug-likeness (QED) is 0.673. The molecule has 1 aliphatic rings. The van der Waals surface area contributed by atoms with E-state index in [9.17, 15) is 18.8 Å². The van der Waals surface area contributed by atoms with E-state index in [-0.39, 0.29) is 18.7 Å². The van der Waals surface area contributed by atoms with E-state index in [1.807, 2.05) is 24.3 Å². The van der Waals surface area contributed by atoms with Gasteiger partial charge < -0.3 is 9.64 Å². The van der Waals surface area contributed by atoms with Crippen molar-refractivity contribution in [3.05, 3.63) is 59.9 Å². The van der Waals surface area contributed by atoms with E-state index in [2.05, 4.69) is 0 Å². The number of anilines is 1. The van der Waals surface area contributed by atoms with Gasteiger partial charge in [0.2, 0.25) is 11.8 Å². The van der Waals surface area contributed by atoms with Crippen molar-refractivity contribution in [3.8, 4) is 5.75 Å². The minimum Gasteiger partial charge on any atom is -0.497 e. The number of benzene rings is 2. The standard InChI is InChI=1S/C22H23FN2O4/c1-3-20(26)24(13-12-15-4-10-18(29-2)11-5-15)19-14-21(27)25(22(19)28)17-8-6-16(23)7-9-17/h4-11,19H,3,12-14H2,1-2H3/t19-/m1/s1. The molecule has 7 heteroatoms. The SMILES string of the molecule is CCC(=O)N(CCc1ccc(OC)cc1)[C@@H]1CC(=O)N(c2ccc(F)cc2)C1=O. The topological polar surface area (TPSA) is 66.9 Å². The number of imide groups is 1. The minimum absolute atomic E-state index is 0.0788. The van der Waals surface area contributed by atoms with Gasteiger partial charge in [-0.1, -0.05) is 19.1 Å². The van der Waals surface area contributed by atoms with E-state index in [0.29, 0.717) is 18.7 Å². The molecule has 1 heterocycles. The van der Waals surface area contributed by atoms with Crippen LogP contribution in [-0.2, 0) is 20.8 Å². The van der Waals surface area contributed by atoms with Crippen LogP contribution < -0.4 is 9.64 Å². The Morgan fingerprint density at radius 3 is 2.38 bits per heavy atom. The number of ether oxygens (including phenoxy) is 1. The molecule has 0 bridgehead atoms. The molecule has 6 nitrogen and oxygen atoms in total. The zero-order chi connectivity index (χ0) is 21.0. The Labute approximate surface area is 168 Å². The molecule has 1 saturated heterocycles. The highest BCUT2D eigenvalue weighted by atomic mass is 19.1. The summed E-state index contributed by atoms with van der Waals surface area (Å²) < 4.78 is 18.3. The summed E-state index contributed by atoms with van der Waals surface area (Å²) >= 11 is 0. The Morgan fingerprint density at radius 2 is 1.79 bits per heavy atom. The van der Waals surface area contributed by atoms with Crippen LogP contribution in [0.15, 0.2) is 48.5 Å². The van der Waals surface area contributed by atoms with E-state index < -0.39 is 23.7 Å². The normalized spacial score (nSPS) is 16.2. The van der Waals surface area contributed by atoms with Crippen LogP contribution in [0.25, 0.3) is 0 Å². The summed E-state index contributed by atoms with van der Waals surface area (Å²) in [6.45, 7) is 2.04. The Hall–Kier alpha value is -3.22. The van der Waals surface area contributed by atoms with Gasteiger partial charge in [-0.05, 0) is 48.4 Å². The van der Waals surface area contributed by atoms with Gasteiger partial charge in [-0.3, -0.25) is 14.4 Å². The molecule has 0 aromatic heterocycles. The highest BCUT2D eigenvalue weighted by Crippen LogP contribution is 2.26. The molecule has 2 aromatic carbocycles. The summed E-state index contributed by atoms with van der Waals surface area (Å²) in [4.78, 5) is 40.5. The van der Waals surface area contributed by atoms with Gasteiger partial charge in [0, 0.05) is 13.0 Å². The first-order valence-corrected chi connectivity index (χ1v) is 9.49. The van der Waals surface area contributed by atoms with E-state index >= 15 is 0 Å². The molecule has 2 aromatic rings. The van der Waals surface area contributed by atoms with E-state index in [0.717, 1.165) is 16.2 Å². The number of methoxy groups -OCH3 is 1. The van der Waals surface area contributed by atoms with Crippen molar-refractivity contribution in [2.24, 2.45) is 0 Å². The molecule has 0 aliphatic carbocycles. The molecule has 3 amide bonds. The first kappa shape index (κ1) is 20.5. The molecule has 0 N–H and O–H groups in total. The van der Waals surface area contributed by atoms with Gasteiger partial charge in [-0.2, -0.15) is 0 Å². The van der Waals surface area contributed by atoms with Crippen molar-refractivity contribution in [2.75, 3.05) is 18.6 Å². The Morgan fingerprint density at radius 1 is 1.14 bits per heavy atom. The lowest BCUT2D eigenvalue weighted by Gasteiger charge is -2.27. The summed E-state index contributed by atoms with van der Waals surface area (Å²) in [5.41, 5.74) is 1.30. The number of hydrogen-bond acceptors (Lipinski definition) is 4. The molecular weight excluding hydrogens is 375 g/mol. The predicted octanol–water partition coefficient (Wildman–Crippen LogP) is 2.95. The van der Waals surface area contributed by atoms with E-state index in [1.165, 1.54) is 29.2 Å². The first-order valence-electron chi connectivity index (χ1n) is 9.49. The van der Waals surface area contributed by atoms with Crippen LogP contribution in [0.4, 0.5) is 10.1 Å². The molecule has 1 fully saturated rings.